The second-order valence-electron chi connectivity index (χ2n) is 6.45. The molecule has 24 heavy (non-hydrogen) atoms. The Morgan fingerprint density at radius 1 is 1.33 bits per heavy atom. The Morgan fingerprint density at radius 2 is 2.04 bits per heavy atom. The van der Waals surface area contributed by atoms with Crippen LogP contribution in [0.1, 0.15) is 33.2 Å². The summed E-state index contributed by atoms with van der Waals surface area (Å²) in [4.78, 5) is 17.2. The van der Waals surface area contributed by atoms with E-state index in [-0.39, 0.29) is 18.0 Å². The van der Waals surface area contributed by atoms with Crippen molar-refractivity contribution in [3.63, 3.8) is 0 Å². The first-order valence-corrected chi connectivity index (χ1v) is 8.86. The van der Waals surface area contributed by atoms with Crippen LogP contribution < -0.4 is 5.32 Å². The molecule has 2 rings (SSSR count). The third-order valence-corrected chi connectivity index (χ3v) is 4.88. The van der Waals surface area contributed by atoms with Crippen LogP contribution >= 0.6 is 0 Å². The van der Waals surface area contributed by atoms with E-state index < -0.39 is 0 Å². The van der Waals surface area contributed by atoms with E-state index in [1.807, 2.05) is 17.7 Å². The molecule has 0 aliphatic carbocycles. The van der Waals surface area contributed by atoms with Crippen LogP contribution in [0.2, 0.25) is 0 Å². The van der Waals surface area contributed by atoms with Gasteiger partial charge in [0, 0.05) is 45.9 Å². The van der Waals surface area contributed by atoms with Gasteiger partial charge in [-0.25, -0.2) is 4.68 Å². The van der Waals surface area contributed by atoms with Crippen molar-refractivity contribution in [1.82, 2.24) is 19.6 Å². The van der Waals surface area contributed by atoms with Crippen molar-refractivity contribution >= 4 is 11.7 Å². The van der Waals surface area contributed by atoms with Crippen LogP contribution in [0, 0.1) is 0 Å². The minimum Gasteiger partial charge on any atom is -0.383 e. The smallest absolute Gasteiger partial charge is 0.242 e. The van der Waals surface area contributed by atoms with Gasteiger partial charge in [-0.1, -0.05) is 6.92 Å². The van der Waals surface area contributed by atoms with Crippen molar-refractivity contribution < 1.29 is 9.53 Å². The number of ether oxygens (including phenoxy) is 1. The first kappa shape index (κ1) is 18.9. The van der Waals surface area contributed by atoms with E-state index in [1.165, 1.54) is 0 Å². The zero-order valence-corrected chi connectivity index (χ0v) is 15.4. The van der Waals surface area contributed by atoms with Crippen LogP contribution in [0.5, 0.6) is 0 Å². The zero-order valence-electron chi connectivity index (χ0n) is 15.4. The van der Waals surface area contributed by atoms with Crippen molar-refractivity contribution in [3.05, 3.63) is 12.3 Å². The topological polar surface area (TPSA) is 62.6 Å². The standard InChI is InChI=1S/C17H31N5O2/c1-5-14(2)22-16(6-7-18-22)19-17(23)15(3)21-10-8-20(9-11-21)12-13-24-4/h6-7,14-15H,5,8-13H2,1-4H3,(H,19,23)/t14-,15-/m0/s1. The molecule has 1 fully saturated rings. The quantitative estimate of drug-likeness (QED) is 0.778. The monoisotopic (exact) mass is 337 g/mol. The molecular weight excluding hydrogens is 306 g/mol. The summed E-state index contributed by atoms with van der Waals surface area (Å²) in [7, 11) is 1.73. The van der Waals surface area contributed by atoms with Gasteiger partial charge >= 0.3 is 0 Å². The molecule has 0 bridgehead atoms. The summed E-state index contributed by atoms with van der Waals surface area (Å²) >= 11 is 0. The maximum Gasteiger partial charge on any atom is 0.242 e. The SMILES string of the molecule is CC[C@H](C)n1nccc1NC(=O)[C@H](C)N1CCN(CCOC)CC1. The minimum atomic E-state index is -0.144. The Hall–Kier alpha value is -1.44. The Balaban J connectivity index is 1.86. The van der Waals surface area contributed by atoms with E-state index in [4.69, 9.17) is 4.74 Å². The molecule has 0 unspecified atom stereocenters. The average Bonchev–Trinajstić information content (AvgIpc) is 3.07. The summed E-state index contributed by atoms with van der Waals surface area (Å²) in [5.74, 6) is 0.810. The van der Waals surface area contributed by atoms with E-state index in [0.717, 1.165) is 51.6 Å². The highest BCUT2D eigenvalue weighted by Crippen LogP contribution is 2.17. The van der Waals surface area contributed by atoms with Crippen molar-refractivity contribution in [2.45, 2.75) is 39.3 Å². The summed E-state index contributed by atoms with van der Waals surface area (Å²) < 4.78 is 7.01. The Bertz CT molecular complexity index is 511. The molecule has 0 saturated carbocycles. The number of carbonyl (C=O) groups is 1. The first-order valence-electron chi connectivity index (χ1n) is 8.86. The predicted molar refractivity (Wildman–Crippen MR) is 95.2 cm³/mol. The molecule has 1 aliphatic heterocycles. The molecule has 0 radical (unpaired) electrons. The molecule has 7 nitrogen and oxygen atoms in total. The molecule has 0 aromatic carbocycles. The number of methoxy groups -OCH3 is 1. The highest BCUT2D eigenvalue weighted by Gasteiger charge is 2.26. The van der Waals surface area contributed by atoms with Crippen molar-refractivity contribution in [2.24, 2.45) is 0 Å². The lowest BCUT2D eigenvalue weighted by Crippen LogP contribution is -2.53. The van der Waals surface area contributed by atoms with Gasteiger partial charge in [0.15, 0.2) is 0 Å². The van der Waals surface area contributed by atoms with E-state index >= 15 is 0 Å². The van der Waals surface area contributed by atoms with Crippen LogP contribution in [0.4, 0.5) is 5.82 Å². The number of hydrogen-bond acceptors (Lipinski definition) is 5. The lowest BCUT2D eigenvalue weighted by Gasteiger charge is -2.37. The number of nitrogens with zero attached hydrogens (tertiary/aromatic N) is 4. The Morgan fingerprint density at radius 3 is 2.67 bits per heavy atom. The van der Waals surface area contributed by atoms with Gasteiger partial charge in [0.1, 0.15) is 5.82 Å². The molecule has 0 spiro atoms. The molecule has 1 amide bonds. The molecule has 136 valence electrons. The summed E-state index contributed by atoms with van der Waals surface area (Å²) in [5, 5.41) is 7.35. The molecule has 1 aromatic heterocycles. The second kappa shape index (κ2) is 9.15. The summed E-state index contributed by atoms with van der Waals surface area (Å²) in [6.45, 7) is 11.7. The van der Waals surface area contributed by atoms with Crippen LogP contribution in [0.3, 0.4) is 0 Å². The Kier molecular flexibility index (Phi) is 7.20. The molecule has 1 aliphatic rings. The fourth-order valence-corrected chi connectivity index (χ4v) is 2.93. The minimum absolute atomic E-state index is 0.0328. The summed E-state index contributed by atoms with van der Waals surface area (Å²) in [6, 6.07) is 1.99. The Labute approximate surface area is 144 Å². The number of aromatic nitrogens is 2. The molecule has 1 saturated heterocycles. The third kappa shape index (κ3) is 4.78. The van der Waals surface area contributed by atoms with Crippen LogP contribution in [-0.4, -0.2) is 78.0 Å². The molecule has 2 heterocycles. The average molecular weight is 337 g/mol. The largest absolute Gasteiger partial charge is 0.383 e. The molecule has 1 aromatic rings. The summed E-state index contributed by atoms with van der Waals surface area (Å²) in [5.41, 5.74) is 0. The van der Waals surface area contributed by atoms with Gasteiger partial charge in [0.25, 0.3) is 0 Å². The van der Waals surface area contributed by atoms with Crippen LogP contribution in [0.15, 0.2) is 12.3 Å². The van der Waals surface area contributed by atoms with Gasteiger partial charge in [-0.05, 0) is 20.3 Å². The molecule has 2 atom stereocenters. The number of rotatable bonds is 8. The van der Waals surface area contributed by atoms with E-state index in [2.05, 4.69) is 34.1 Å². The molecular formula is C17H31N5O2. The fourth-order valence-electron chi connectivity index (χ4n) is 2.93. The lowest BCUT2D eigenvalue weighted by molar-refractivity contribution is -0.121. The molecule has 1 N–H and O–H groups in total. The van der Waals surface area contributed by atoms with Crippen molar-refractivity contribution in [1.29, 1.82) is 0 Å². The van der Waals surface area contributed by atoms with Gasteiger partial charge in [0.2, 0.25) is 5.91 Å². The van der Waals surface area contributed by atoms with Crippen molar-refractivity contribution in [3.8, 4) is 0 Å². The summed E-state index contributed by atoms with van der Waals surface area (Å²) in [6.07, 6.45) is 2.71. The second-order valence-corrected chi connectivity index (χ2v) is 6.45. The van der Waals surface area contributed by atoms with Gasteiger partial charge < -0.3 is 10.1 Å². The fraction of sp³-hybridized carbons (Fsp3) is 0.765. The van der Waals surface area contributed by atoms with Gasteiger partial charge in [-0.15, -0.1) is 0 Å². The number of nitrogens with one attached hydrogen (secondary N) is 1. The normalized spacial score (nSPS) is 19.2. The third-order valence-electron chi connectivity index (χ3n) is 4.88. The maximum absolute atomic E-state index is 12.6. The molecule has 7 heteroatoms. The van der Waals surface area contributed by atoms with Crippen LogP contribution in [-0.2, 0) is 9.53 Å². The first-order chi connectivity index (χ1) is 11.6. The van der Waals surface area contributed by atoms with Gasteiger partial charge in [-0.2, -0.15) is 5.10 Å². The number of amides is 1. The van der Waals surface area contributed by atoms with E-state index in [1.54, 1.807) is 13.3 Å². The van der Waals surface area contributed by atoms with Gasteiger partial charge in [0.05, 0.1) is 24.9 Å². The number of piperazine rings is 1. The van der Waals surface area contributed by atoms with Crippen LogP contribution in [0.25, 0.3) is 0 Å². The predicted octanol–water partition coefficient (Wildman–Crippen LogP) is 1.45. The van der Waals surface area contributed by atoms with E-state index in [9.17, 15) is 4.79 Å². The van der Waals surface area contributed by atoms with Gasteiger partial charge in [-0.3, -0.25) is 14.6 Å². The van der Waals surface area contributed by atoms with E-state index in [0.29, 0.717) is 0 Å². The maximum atomic E-state index is 12.6. The number of hydrogen-bond donors (Lipinski definition) is 1. The highest BCUT2D eigenvalue weighted by molar-refractivity contribution is 5.93. The highest BCUT2D eigenvalue weighted by atomic mass is 16.5. The lowest BCUT2D eigenvalue weighted by atomic mass is 10.2. The van der Waals surface area contributed by atoms with Crippen molar-refractivity contribution in [2.75, 3.05) is 51.8 Å². The number of anilines is 1. The zero-order chi connectivity index (χ0) is 17.5. The number of carbonyl (C=O) groups excluding carboxylic acids is 1.